The number of benzene rings is 1. The van der Waals surface area contributed by atoms with Gasteiger partial charge in [-0.25, -0.2) is 0 Å². The molecule has 3 fully saturated rings. The Morgan fingerprint density at radius 3 is 2.65 bits per heavy atom. The van der Waals surface area contributed by atoms with Crippen molar-refractivity contribution < 1.29 is 4.74 Å². The van der Waals surface area contributed by atoms with Gasteiger partial charge in [0.25, 0.3) is 0 Å². The van der Waals surface area contributed by atoms with Crippen LogP contribution in [0.4, 0.5) is 0 Å². The zero-order chi connectivity index (χ0) is 21.6. The van der Waals surface area contributed by atoms with Crippen molar-refractivity contribution in [3.05, 3.63) is 35.9 Å². The standard InChI is InChI=1S/C24H40N6O/c1-4-25-24(26-16-20(2)28-12-10-27(3)11-13-28)30-18-22-23(19-30)31-15-14-29(22)17-21-8-6-5-7-9-21/h5-9,20,22-23H,4,10-19H2,1-3H3,(H,25,26). The molecule has 172 valence electrons. The fraction of sp³-hybridized carbons (Fsp3) is 0.708. The Balaban J connectivity index is 1.37. The third-order valence-corrected chi connectivity index (χ3v) is 6.95. The molecule has 0 spiro atoms. The normalized spacial score (nSPS) is 27.3. The topological polar surface area (TPSA) is 46.6 Å². The van der Waals surface area contributed by atoms with Crippen molar-refractivity contribution in [2.45, 2.75) is 38.6 Å². The summed E-state index contributed by atoms with van der Waals surface area (Å²) < 4.78 is 6.18. The predicted octanol–water partition coefficient (Wildman–Crippen LogP) is 1.17. The number of fused-ring (bicyclic) bond motifs is 1. The lowest BCUT2D eigenvalue weighted by Gasteiger charge is -2.36. The monoisotopic (exact) mass is 428 g/mol. The molecule has 0 amide bonds. The first-order valence-corrected chi connectivity index (χ1v) is 12.0. The van der Waals surface area contributed by atoms with Gasteiger partial charge in [-0.3, -0.25) is 14.8 Å². The Labute approximate surface area is 188 Å². The quantitative estimate of drug-likeness (QED) is 0.542. The fourth-order valence-corrected chi connectivity index (χ4v) is 4.97. The molecule has 0 aliphatic carbocycles. The van der Waals surface area contributed by atoms with Crippen molar-refractivity contribution in [3.63, 3.8) is 0 Å². The summed E-state index contributed by atoms with van der Waals surface area (Å²) >= 11 is 0. The van der Waals surface area contributed by atoms with Crippen molar-refractivity contribution >= 4 is 5.96 Å². The molecule has 0 bridgehead atoms. The van der Waals surface area contributed by atoms with E-state index in [4.69, 9.17) is 9.73 Å². The number of aliphatic imine (C=N–C) groups is 1. The number of hydrogen-bond donors (Lipinski definition) is 1. The minimum absolute atomic E-state index is 0.261. The van der Waals surface area contributed by atoms with E-state index < -0.39 is 0 Å². The van der Waals surface area contributed by atoms with Gasteiger partial charge in [-0.1, -0.05) is 30.3 Å². The Bertz CT molecular complexity index is 705. The van der Waals surface area contributed by atoms with Crippen LogP contribution < -0.4 is 5.32 Å². The molecule has 7 heteroatoms. The molecule has 1 aromatic carbocycles. The van der Waals surface area contributed by atoms with E-state index >= 15 is 0 Å². The number of likely N-dealkylation sites (N-methyl/N-ethyl adjacent to an activating group) is 1. The van der Waals surface area contributed by atoms with Crippen molar-refractivity contribution in [3.8, 4) is 0 Å². The molecule has 0 radical (unpaired) electrons. The highest BCUT2D eigenvalue weighted by Gasteiger charge is 2.41. The van der Waals surface area contributed by atoms with Crippen LogP contribution in [-0.4, -0.2) is 116 Å². The third kappa shape index (κ3) is 5.77. The number of hydrogen-bond acceptors (Lipinski definition) is 5. The zero-order valence-corrected chi connectivity index (χ0v) is 19.5. The minimum atomic E-state index is 0.261. The number of guanidine groups is 1. The molecule has 7 nitrogen and oxygen atoms in total. The first-order valence-electron chi connectivity index (χ1n) is 12.0. The lowest BCUT2D eigenvalue weighted by Crippen LogP contribution is -2.50. The van der Waals surface area contributed by atoms with E-state index in [0.29, 0.717) is 12.1 Å². The molecule has 1 N–H and O–H groups in total. The summed E-state index contributed by atoms with van der Waals surface area (Å²) in [5.41, 5.74) is 1.38. The van der Waals surface area contributed by atoms with Crippen LogP contribution in [-0.2, 0) is 11.3 Å². The van der Waals surface area contributed by atoms with Crippen LogP contribution in [0.1, 0.15) is 19.4 Å². The van der Waals surface area contributed by atoms with Crippen LogP contribution >= 0.6 is 0 Å². The van der Waals surface area contributed by atoms with Gasteiger partial charge in [0.1, 0.15) is 0 Å². The first kappa shape index (κ1) is 22.5. The minimum Gasteiger partial charge on any atom is -0.373 e. The predicted molar refractivity (Wildman–Crippen MR) is 126 cm³/mol. The molecule has 3 saturated heterocycles. The molecule has 0 aromatic heterocycles. The van der Waals surface area contributed by atoms with Gasteiger partial charge in [-0.2, -0.15) is 0 Å². The first-order chi connectivity index (χ1) is 15.1. The SMILES string of the molecule is CCNC(=NCC(C)N1CCN(C)CC1)N1CC2OCCN(Cc3ccccc3)C2C1. The van der Waals surface area contributed by atoms with Crippen LogP contribution in [0.3, 0.4) is 0 Å². The molecule has 1 aromatic rings. The number of nitrogens with one attached hydrogen (secondary N) is 1. The summed E-state index contributed by atoms with van der Waals surface area (Å²) in [5, 5.41) is 3.54. The van der Waals surface area contributed by atoms with Gasteiger partial charge in [-0.15, -0.1) is 0 Å². The molecule has 3 heterocycles. The summed E-state index contributed by atoms with van der Waals surface area (Å²) in [6.07, 6.45) is 0.261. The van der Waals surface area contributed by atoms with Crippen LogP contribution in [0.5, 0.6) is 0 Å². The average Bonchev–Trinajstić information content (AvgIpc) is 3.23. The highest BCUT2D eigenvalue weighted by atomic mass is 16.5. The van der Waals surface area contributed by atoms with Crippen molar-refractivity contribution in [2.75, 3.05) is 72.6 Å². The Morgan fingerprint density at radius 1 is 1.13 bits per heavy atom. The van der Waals surface area contributed by atoms with Crippen molar-refractivity contribution in [1.82, 2.24) is 24.9 Å². The number of morpholine rings is 1. The second-order valence-corrected chi connectivity index (χ2v) is 9.22. The van der Waals surface area contributed by atoms with E-state index in [-0.39, 0.29) is 6.10 Å². The summed E-state index contributed by atoms with van der Waals surface area (Å²) in [5.74, 6) is 1.04. The molecular weight excluding hydrogens is 388 g/mol. The van der Waals surface area contributed by atoms with Gasteiger partial charge < -0.3 is 19.9 Å². The van der Waals surface area contributed by atoms with Gasteiger partial charge in [0.15, 0.2) is 5.96 Å². The van der Waals surface area contributed by atoms with Gasteiger partial charge in [0, 0.05) is 64.9 Å². The maximum Gasteiger partial charge on any atom is 0.194 e. The van der Waals surface area contributed by atoms with Gasteiger partial charge in [-0.05, 0) is 26.5 Å². The van der Waals surface area contributed by atoms with E-state index in [0.717, 1.165) is 78.0 Å². The fourth-order valence-electron chi connectivity index (χ4n) is 4.97. The molecule has 3 aliphatic heterocycles. The smallest absolute Gasteiger partial charge is 0.194 e. The number of likely N-dealkylation sites (tertiary alicyclic amines) is 1. The Kier molecular flexibility index (Phi) is 7.82. The Morgan fingerprint density at radius 2 is 1.90 bits per heavy atom. The number of ether oxygens (including phenoxy) is 1. The van der Waals surface area contributed by atoms with Crippen LogP contribution in [0.15, 0.2) is 35.3 Å². The highest BCUT2D eigenvalue weighted by Crippen LogP contribution is 2.24. The van der Waals surface area contributed by atoms with Crippen molar-refractivity contribution in [1.29, 1.82) is 0 Å². The van der Waals surface area contributed by atoms with Crippen LogP contribution in [0, 0.1) is 0 Å². The van der Waals surface area contributed by atoms with Crippen LogP contribution in [0.2, 0.25) is 0 Å². The maximum absolute atomic E-state index is 6.18. The molecule has 3 aliphatic rings. The number of rotatable bonds is 6. The summed E-state index contributed by atoms with van der Waals surface area (Å²) in [4.78, 5) is 15.0. The number of piperazine rings is 1. The lowest BCUT2D eigenvalue weighted by molar-refractivity contribution is -0.0502. The van der Waals surface area contributed by atoms with E-state index in [1.165, 1.54) is 5.56 Å². The van der Waals surface area contributed by atoms with Gasteiger partial charge in [0.2, 0.25) is 0 Å². The molecular formula is C24H40N6O. The Hall–Kier alpha value is -1.67. The maximum atomic E-state index is 6.18. The third-order valence-electron chi connectivity index (χ3n) is 6.95. The van der Waals surface area contributed by atoms with E-state index in [9.17, 15) is 0 Å². The van der Waals surface area contributed by atoms with Gasteiger partial charge in [0.05, 0.1) is 25.3 Å². The van der Waals surface area contributed by atoms with E-state index in [1.54, 1.807) is 0 Å². The second-order valence-electron chi connectivity index (χ2n) is 9.22. The highest BCUT2D eigenvalue weighted by molar-refractivity contribution is 5.80. The van der Waals surface area contributed by atoms with Crippen LogP contribution in [0.25, 0.3) is 0 Å². The second kappa shape index (κ2) is 10.8. The number of nitrogens with zero attached hydrogens (tertiary/aromatic N) is 5. The van der Waals surface area contributed by atoms with E-state index in [2.05, 4.69) is 76.1 Å². The molecule has 31 heavy (non-hydrogen) atoms. The average molecular weight is 429 g/mol. The van der Waals surface area contributed by atoms with Gasteiger partial charge >= 0.3 is 0 Å². The molecule has 0 saturated carbocycles. The summed E-state index contributed by atoms with van der Waals surface area (Å²) in [7, 11) is 2.21. The molecule has 4 rings (SSSR count). The molecule has 3 atom stereocenters. The largest absolute Gasteiger partial charge is 0.373 e. The van der Waals surface area contributed by atoms with E-state index in [1.807, 2.05) is 0 Å². The summed E-state index contributed by atoms with van der Waals surface area (Å²) in [6, 6.07) is 11.7. The lowest BCUT2D eigenvalue weighted by atomic mass is 10.1. The molecule has 3 unspecified atom stereocenters. The zero-order valence-electron chi connectivity index (χ0n) is 19.5. The van der Waals surface area contributed by atoms with Crippen molar-refractivity contribution in [2.24, 2.45) is 4.99 Å². The summed E-state index contributed by atoms with van der Waals surface area (Å²) in [6.45, 7) is 15.5.